The largest absolute Gasteiger partial charge is 0.573 e. The molecule has 0 saturated heterocycles. The lowest BCUT2D eigenvalue weighted by Gasteiger charge is -2.24. The van der Waals surface area contributed by atoms with Crippen molar-refractivity contribution in [2.45, 2.75) is 32.8 Å². The first-order valence-electron chi connectivity index (χ1n) is 9.00. The minimum absolute atomic E-state index is 0.160. The van der Waals surface area contributed by atoms with Crippen LogP contribution in [-0.2, 0) is 27.8 Å². The van der Waals surface area contributed by atoms with Gasteiger partial charge in [-0.15, -0.1) is 4.52 Å². The summed E-state index contributed by atoms with van der Waals surface area (Å²) in [6.07, 6.45) is 1.95. The molecule has 29 heavy (non-hydrogen) atoms. The number of aliphatic hydroxyl groups is 1. The average molecular weight is 436 g/mol. The number of benzene rings is 1. The number of nitrogens with zero attached hydrogens (tertiary/aromatic N) is 4. The summed E-state index contributed by atoms with van der Waals surface area (Å²) in [4.78, 5) is 12.3. The van der Waals surface area contributed by atoms with E-state index in [2.05, 4.69) is 15.0 Å². The third-order valence-corrected chi connectivity index (χ3v) is 5.73. The van der Waals surface area contributed by atoms with Crippen molar-refractivity contribution in [2.24, 2.45) is 5.92 Å². The molecule has 154 valence electrons. The summed E-state index contributed by atoms with van der Waals surface area (Å²) in [5, 5.41) is 10.0. The number of ether oxygens (including phenoxy) is 1. The molecule has 0 aliphatic heterocycles. The molecule has 0 fully saturated rings. The Morgan fingerprint density at radius 1 is 1.21 bits per heavy atom. The van der Waals surface area contributed by atoms with Crippen LogP contribution in [0.1, 0.15) is 13.8 Å². The predicted molar refractivity (Wildman–Crippen MR) is 113 cm³/mol. The first-order chi connectivity index (χ1) is 14.0. The third kappa shape index (κ3) is 5.65. The normalized spacial score (nSPS) is 15.1. The van der Waals surface area contributed by atoms with Crippen LogP contribution in [-0.4, -0.2) is 43.4 Å². The Morgan fingerprint density at radius 3 is 2.69 bits per heavy atom. The van der Waals surface area contributed by atoms with Crippen molar-refractivity contribution in [1.82, 2.24) is 19.5 Å². The van der Waals surface area contributed by atoms with Gasteiger partial charge in [-0.05, 0) is 19.1 Å². The Morgan fingerprint density at radius 2 is 1.97 bits per heavy atom. The van der Waals surface area contributed by atoms with Gasteiger partial charge in [0.1, 0.15) is 25.2 Å². The molecule has 0 saturated carbocycles. The van der Waals surface area contributed by atoms with Crippen LogP contribution in [0.5, 0.6) is 5.75 Å². The van der Waals surface area contributed by atoms with Gasteiger partial charge in [-0.3, -0.25) is 9.09 Å². The van der Waals surface area contributed by atoms with Gasteiger partial charge in [0.15, 0.2) is 17.2 Å². The van der Waals surface area contributed by atoms with Gasteiger partial charge in [-0.25, -0.2) is 15.0 Å². The molecular formula is C18H23N5O4PS+. The minimum atomic E-state index is -1.56. The first-order valence-corrected chi connectivity index (χ1v) is 11.2. The standard InChI is InChI=1S/C18H23N5O4PS/c1-12(13(2)24)15(8-26-28(29)27-14-6-4-3-5-7-14)25-11-23-10-22-16-17(19)20-9-21-18(16)23/h3-7,9-10,12-13,15,24H,8,11H2,1-2H3,(H2,19,20,21)/q+1. The lowest BCUT2D eigenvalue weighted by atomic mass is 10.00. The number of fused-ring (bicyclic) bond motifs is 1. The van der Waals surface area contributed by atoms with Gasteiger partial charge < -0.3 is 15.6 Å². The average Bonchev–Trinajstić information content (AvgIpc) is 3.13. The van der Waals surface area contributed by atoms with Crippen LogP contribution < -0.4 is 10.3 Å². The van der Waals surface area contributed by atoms with Crippen LogP contribution in [0.2, 0.25) is 0 Å². The molecule has 0 bridgehead atoms. The number of para-hydroxylation sites is 1. The fraction of sp³-hybridized carbons (Fsp3) is 0.389. The fourth-order valence-corrected chi connectivity index (χ4v) is 3.62. The highest BCUT2D eigenvalue weighted by Crippen LogP contribution is 2.29. The fourth-order valence-electron chi connectivity index (χ4n) is 2.56. The van der Waals surface area contributed by atoms with Gasteiger partial charge in [-0.1, -0.05) is 25.1 Å². The zero-order chi connectivity index (χ0) is 20.8. The van der Waals surface area contributed by atoms with Gasteiger partial charge in [0.25, 0.3) is 0 Å². The maximum atomic E-state index is 10.0. The van der Waals surface area contributed by atoms with E-state index in [4.69, 9.17) is 31.3 Å². The number of anilines is 1. The van der Waals surface area contributed by atoms with Crippen LogP contribution in [0.3, 0.4) is 0 Å². The zero-order valence-electron chi connectivity index (χ0n) is 16.1. The second-order valence-corrected chi connectivity index (χ2v) is 8.29. The van der Waals surface area contributed by atoms with E-state index in [-0.39, 0.29) is 19.3 Å². The summed E-state index contributed by atoms with van der Waals surface area (Å²) in [6.45, 7) is 3.93. The molecule has 9 nitrogen and oxygen atoms in total. The summed E-state index contributed by atoms with van der Waals surface area (Å²) < 4.78 is 19.0. The molecule has 0 amide bonds. The molecule has 4 atom stereocenters. The van der Waals surface area contributed by atoms with Crippen LogP contribution in [0, 0.1) is 5.92 Å². The maximum Gasteiger partial charge on any atom is 0.573 e. The van der Waals surface area contributed by atoms with Crippen molar-refractivity contribution < 1.29 is 18.9 Å². The number of aromatic nitrogens is 4. The van der Waals surface area contributed by atoms with E-state index in [1.54, 1.807) is 17.8 Å². The summed E-state index contributed by atoms with van der Waals surface area (Å²) >= 11 is 5.29. The predicted octanol–water partition coefficient (Wildman–Crippen LogP) is 2.64. The van der Waals surface area contributed by atoms with Crippen LogP contribution in [0.15, 0.2) is 43.0 Å². The molecule has 4 unspecified atom stereocenters. The Hall–Kier alpha value is -2.23. The van der Waals surface area contributed by atoms with Crippen LogP contribution in [0.4, 0.5) is 5.82 Å². The zero-order valence-corrected chi connectivity index (χ0v) is 17.8. The van der Waals surface area contributed by atoms with Crippen molar-refractivity contribution in [3.8, 4) is 5.75 Å². The molecule has 3 aromatic rings. The number of aliphatic hydroxyl groups excluding tert-OH is 1. The van der Waals surface area contributed by atoms with Crippen LogP contribution >= 0.6 is 7.15 Å². The van der Waals surface area contributed by atoms with Gasteiger partial charge in [-0.2, -0.15) is 0 Å². The highest BCUT2D eigenvalue weighted by molar-refractivity contribution is 8.00. The molecular weight excluding hydrogens is 413 g/mol. The van der Waals surface area contributed by atoms with Gasteiger partial charge in [0.2, 0.25) is 11.8 Å². The number of hydrogen-bond donors (Lipinski definition) is 2. The molecule has 1 aromatic carbocycles. The topological polar surface area (TPSA) is 118 Å². The van der Waals surface area contributed by atoms with E-state index in [9.17, 15) is 5.11 Å². The number of nitrogens with two attached hydrogens (primary N) is 1. The Bertz CT molecular complexity index is 956. The molecule has 2 heterocycles. The summed E-state index contributed by atoms with van der Waals surface area (Å²) in [6, 6.07) is 9.25. The minimum Gasteiger partial charge on any atom is -0.393 e. The third-order valence-electron chi connectivity index (χ3n) is 4.47. The lowest BCUT2D eigenvalue weighted by Crippen LogP contribution is -2.34. The molecule has 0 radical (unpaired) electrons. The highest BCUT2D eigenvalue weighted by Gasteiger charge is 2.27. The van der Waals surface area contributed by atoms with E-state index < -0.39 is 19.4 Å². The van der Waals surface area contributed by atoms with Crippen molar-refractivity contribution in [3.63, 3.8) is 0 Å². The molecule has 0 aliphatic carbocycles. The maximum absolute atomic E-state index is 10.0. The Labute approximate surface area is 174 Å². The molecule has 0 aliphatic rings. The smallest absolute Gasteiger partial charge is 0.393 e. The van der Waals surface area contributed by atoms with E-state index in [1.807, 2.05) is 37.3 Å². The molecule has 3 N–H and O–H groups in total. The van der Waals surface area contributed by atoms with E-state index in [0.29, 0.717) is 22.7 Å². The van der Waals surface area contributed by atoms with Crippen molar-refractivity contribution in [1.29, 1.82) is 0 Å². The highest BCUT2D eigenvalue weighted by atomic mass is 32.4. The van der Waals surface area contributed by atoms with Crippen molar-refractivity contribution >= 4 is 35.9 Å². The van der Waals surface area contributed by atoms with E-state index in [1.165, 1.54) is 6.33 Å². The number of hydrogen-bond acceptors (Lipinski definition) is 9. The summed E-state index contributed by atoms with van der Waals surface area (Å²) in [7, 11) is -1.56. The molecule has 2 aromatic heterocycles. The van der Waals surface area contributed by atoms with Crippen molar-refractivity contribution in [3.05, 3.63) is 43.0 Å². The Kier molecular flexibility index (Phi) is 7.40. The summed E-state index contributed by atoms with van der Waals surface area (Å²) in [5.74, 6) is 0.761. The monoisotopic (exact) mass is 436 g/mol. The Balaban J connectivity index is 1.62. The number of imidazole rings is 1. The van der Waals surface area contributed by atoms with Gasteiger partial charge >= 0.3 is 7.15 Å². The molecule has 0 spiro atoms. The molecule has 11 heteroatoms. The SMILES string of the molecule is CC(O)C(C)C(CO[P+](=S)Oc1ccccc1)OCn1cnc2c(N)ncnc21. The summed E-state index contributed by atoms with van der Waals surface area (Å²) in [5.41, 5.74) is 6.89. The quantitative estimate of drug-likeness (QED) is 0.462. The van der Waals surface area contributed by atoms with Crippen molar-refractivity contribution in [2.75, 3.05) is 12.3 Å². The number of rotatable bonds is 10. The molecule has 3 rings (SSSR count). The van der Waals surface area contributed by atoms with E-state index in [0.717, 1.165) is 0 Å². The lowest BCUT2D eigenvalue weighted by molar-refractivity contribution is -0.0702. The number of nitrogen functional groups attached to an aromatic ring is 1. The second kappa shape index (κ2) is 10.00. The first kappa shape index (κ1) is 21.5. The van der Waals surface area contributed by atoms with Crippen LogP contribution in [0.25, 0.3) is 11.2 Å². The van der Waals surface area contributed by atoms with Gasteiger partial charge in [0.05, 0.1) is 18.5 Å². The van der Waals surface area contributed by atoms with Gasteiger partial charge in [0, 0.05) is 5.92 Å². The second-order valence-electron chi connectivity index (χ2n) is 6.50. The van der Waals surface area contributed by atoms with E-state index >= 15 is 0 Å².